The van der Waals surface area contributed by atoms with Crippen LogP contribution < -0.4 is 10.1 Å². The molecule has 0 saturated carbocycles. The molecule has 0 spiro atoms. The van der Waals surface area contributed by atoms with Gasteiger partial charge in [0.15, 0.2) is 11.5 Å². The number of carbonyl (C=O) groups is 1. The van der Waals surface area contributed by atoms with Crippen LogP contribution in [0.3, 0.4) is 0 Å². The molecule has 9 nitrogen and oxygen atoms in total. The number of likely N-dealkylation sites (tertiary alicyclic amines) is 1. The SMILES string of the molecule is Cc1noc(Cc2cnc(C(F)(F)F)cn2)c1C(=O)Nc1ccc(OC[C@H]2CCN(CCC(F)(F)F)C2)nc1. The van der Waals surface area contributed by atoms with Crippen molar-refractivity contribution in [1.82, 2.24) is 25.0 Å². The number of anilines is 1. The van der Waals surface area contributed by atoms with Gasteiger partial charge in [-0.3, -0.25) is 9.78 Å². The Morgan fingerprint density at radius 2 is 1.92 bits per heavy atom. The first-order valence-corrected chi connectivity index (χ1v) is 11.9. The fraction of sp³-hybridized carbons (Fsp3) is 0.458. The van der Waals surface area contributed by atoms with Gasteiger partial charge in [0.05, 0.1) is 48.9 Å². The standard InChI is InChI=1S/C24H24F6N6O3/c1-14-21(18(39-35-14)8-17-10-32-19(11-31-17)24(28,29)30)22(37)34-16-2-3-20(33-9-16)38-13-15-4-6-36(12-15)7-5-23(25,26)27/h2-3,9-11,15H,4-8,12-13H2,1H3,(H,34,37)/t15-/m0/s1. The highest BCUT2D eigenvalue weighted by Gasteiger charge is 2.33. The largest absolute Gasteiger partial charge is 0.477 e. The van der Waals surface area contributed by atoms with E-state index in [1.807, 2.05) is 0 Å². The number of alkyl halides is 6. The third kappa shape index (κ3) is 7.88. The Morgan fingerprint density at radius 3 is 2.56 bits per heavy atom. The predicted molar refractivity (Wildman–Crippen MR) is 124 cm³/mol. The van der Waals surface area contributed by atoms with E-state index in [0.717, 1.165) is 12.6 Å². The molecule has 1 atom stereocenters. The molecule has 4 rings (SSSR count). The number of aryl methyl sites for hydroxylation is 1. The lowest BCUT2D eigenvalue weighted by atomic mass is 10.1. The highest BCUT2D eigenvalue weighted by Crippen LogP contribution is 2.27. The van der Waals surface area contributed by atoms with Crippen molar-refractivity contribution < 1.29 is 40.4 Å². The van der Waals surface area contributed by atoms with Crippen molar-refractivity contribution in [3.8, 4) is 5.88 Å². The van der Waals surface area contributed by atoms with Gasteiger partial charge in [-0.05, 0) is 26.0 Å². The minimum Gasteiger partial charge on any atom is -0.477 e. The Kier molecular flexibility index (Phi) is 8.37. The molecule has 1 saturated heterocycles. The van der Waals surface area contributed by atoms with E-state index < -0.39 is 30.4 Å². The fourth-order valence-electron chi connectivity index (χ4n) is 4.06. The maximum Gasteiger partial charge on any atom is 0.434 e. The van der Waals surface area contributed by atoms with Crippen LogP contribution in [-0.4, -0.2) is 63.3 Å². The lowest BCUT2D eigenvalue weighted by Gasteiger charge is -2.17. The Labute approximate surface area is 218 Å². The van der Waals surface area contributed by atoms with Gasteiger partial charge in [-0.1, -0.05) is 5.16 Å². The van der Waals surface area contributed by atoms with E-state index in [0.29, 0.717) is 37.5 Å². The van der Waals surface area contributed by atoms with Crippen LogP contribution >= 0.6 is 0 Å². The van der Waals surface area contributed by atoms with Crippen molar-refractivity contribution >= 4 is 11.6 Å². The van der Waals surface area contributed by atoms with E-state index in [4.69, 9.17) is 9.26 Å². The van der Waals surface area contributed by atoms with Gasteiger partial charge >= 0.3 is 12.4 Å². The van der Waals surface area contributed by atoms with Gasteiger partial charge in [0, 0.05) is 31.3 Å². The summed E-state index contributed by atoms with van der Waals surface area (Å²) in [6.45, 7) is 2.92. The molecular formula is C24H24F6N6O3. The monoisotopic (exact) mass is 558 g/mol. The number of halogens is 6. The van der Waals surface area contributed by atoms with Crippen LogP contribution in [0.1, 0.15) is 46.0 Å². The van der Waals surface area contributed by atoms with Gasteiger partial charge in [0.1, 0.15) is 5.56 Å². The van der Waals surface area contributed by atoms with Gasteiger partial charge in [-0.2, -0.15) is 26.3 Å². The van der Waals surface area contributed by atoms with Gasteiger partial charge in [0.25, 0.3) is 5.91 Å². The molecule has 3 aromatic rings. The molecule has 15 heteroatoms. The molecule has 0 aromatic carbocycles. The van der Waals surface area contributed by atoms with Crippen LogP contribution in [0.2, 0.25) is 0 Å². The Bertz CT molecular complexity index is 1260. The number of pyridine rings is 1. The van der Waals surface area contributed by atoms with E-state index in [1.165, 1.54) is 6.20 Å². The van der Waals surface area contributed by atoms with Crippen molar-refractivity contribution in [3.05, 3.63) is 59.1 Å². The Balaban J connectivity index is 1.30. The minimum absolute atomic E-state index is 0.0300. The Hall–Kier alpha value is -3.75. The van der Waals surface area contributed by atoms with Gasteiger partial charge < -0.3 is 19.5 Å². The van der Waals surface area contributed by atoms with Crippen LogP contribution in [0.4, 0.5) is 32.0 Å². The predicted octanol–water partition coefficient (Wildman–Crippen LogP) is 4.68. The zero-order valence-electron chi connectivity index (χ0n) is 20.6. The summed E-state index contributed by atoms with van der Waals surface area (Å²) in [7, 11) is 0. The summed E-state index contributed by atoms with van der Waals surface area (Å²) in [5, 5.41) is 6.43. The van der Waals surface area contributed by atoms with Gasteiger partial charge in [-0.25, -0.2) is 9.97 Å². The fourth-order valence-corrected chi connectivity index (χ4v) is 4.06. The second kappa shape index (κ2) is 11.6. The summed E-state index contributed by atoms with van der Waals surface area (Å²) < 4.78 is 86.2. The van der Waals surface area contributed by atoms with Crippen molar-refractivity contribution in [2.75, 3.05) is 31.6 Å². The molecule has 210 valence electrons. The van der Waals surface area contributed by atoms with Crippen molar-refractivity contribution in [3.63, 3.8) is 0 Å². The molecule has 1 fully saturated rings. The maximum absolute atomic E-state index is 12.9. The number of aromatic nitrogens is 4. The second-order valence-corrected chi connectivity index (χ2v) is 9.10. The molecule has 1 amide bonds. The molecule has 1 N–H and O–H groups in total. The van der Waals surface area contributed by atoms with E-state index in [2.05, 4.69) is 25.4 Å². The zero-order chi connectivity index (χ0) is 28.2. The first-order chi connectivity index (χ1) is 18.4. The van der Waals surface area contributed by atoms with Crippen LogP contribution in [0, 0.1) is 12.8 Å². The molecular weight excluding hydrogens is 534 g/mol. The zero-order valence-corrected chi connectivity index (χ0v) is 20.6. The lowest BCUT2D eigenvalue weighted by molar-refractivity contribution is -0.141. The minimum atomic E-state index is -4.62. The summed E-state index contributed by atoms with van der Waals surface area (Å²) in [5.74, 6) is -0.0787. The summed E-state index contributed by atoms with van der Waals surface area (Å²) in [4.78, 5) is 25.9. The van der Waals surface area contributed by atoms with Crippen LogP contribution in [0.25, 0.3) is 0 Å². The number of nitrogens with one attached hydrogen (secondary N) is 1. The molecule has 1 aliphatic rings. The number of carbonyl (C=O) groups excluding carboxylic acids is 1. The number of rotatable bonds is 9. The van der Waals surface area contributed by atoms with Crippen LogP contribution in [-0.2, 0) is 12.6 Å². The van der Waals surface area contributed by atoms with Crippen LogP contribution in [0.15, 0.2) is 35.2 Å². The quantitative estimate of drug-likeness (QED) is 0.378. The summed E-state index contributed by atoms with van der Waals surface area (Å²) >= 11 is 0. The topological polar surface area (TPSA) is 106 Å². The molecule has 0 bridgehead atoms. The van der Waals surface area contributed by atoms with Gasteiger partial charge in [-0.15, -0.1) is 0 Å². The second-order valence-electron chi connectivity index (χ2n) is 9.10. The maximum atomic E-state index is 12.9. The summed E-state index contributed by atoms with van der Waals surface area (Å²) in [5.41, 5.74) is -0.261. The number of hydrogen-bond acceptors (Lipinski definition) is 8. The highest BCUT2D eigenvalue weighted by molar-refractivity contribution is 6.05. The van der Waals surface area contributed by atoms with Crippen molar-refractivity contribution in [1.29, 1.82) is 0 Å². The number of ether oxygens (including phenoxy) is 1. The number of hydrogen-bond donors (Lipinski definition) is 1. The molecule has 0 unspecified atom stereocenters. The first kappa shape index (κ1) is 28.3. The lowest BCUT2D eigenvalue weighted by Crippen LogP contribution is -2.27. The normalized spacial score (nSPS) is 16.4. The van der Waals surface area contributed by atoms with E-state index in [9.17, 15) is 31.1 Å². The highest BCUT2D eigenvalue weighted by atomic mass is 19.4. The van der Waals surface area contributed by atoms with Crippen LogP contribution in [0.5, 0.6) is 5.88 Å². The molecule has 3 aromatic heterocycles. The van der Waals surface area contributed by atoms with Crippen molar-refractivity contribution in [2.24, 2.45) is 5.92 Å². The smallest absolute Gasteiger partial charge is 0.434 e. The van der Waals surface area contributed by atoms with E-state index in [1.54, 1.807) is 24.0 Å². The third-order valence-electron chi connectivity index (χ3n) is 6.04. The van der Waals surface area contributed by atoms with E-state index in [-0.39, 0.29) is 41.6 Å². The summed E-state index contributed by atoms with van der Waals surface area (Å²) in [6.07, 6.45) is -6.08. The molecule has 0 radical (unpaired) electrons. The van der Waals surface area contributed by atoms with E-state index >= 15 is 0 Å². The Morgan fingerprint density at radius 1 is 1.13 bits per heavy atom. The average molecular weight is 558 g/mol. The number of nitrogens with zero attached hydrogens (tertiary/aromatic N) is 5. The average Bonchev–Trinajstić information content (AvgIpc) is 3.48. The summed E-state index contributed by atoms with van der Waals surface area (Å²) in [6, 6.07) is 3.11. The molecule has 4 heterocycles. The van der Waals surface area contributed by atoms with Gasteiger partial charge in [0.2, 0.25) is 5.88 Å². The third-order valence-corrected chi connectivity index (χ3v) is 6.04. The molecule has 0 aliphatic carbocycles. The molecule has 1 aliphatic heterocycles. The van der Waals surface area contributed by atoms with Crippen molar-refractivity contribution in [2.45, 2.75) is 38.5 Å². The molecule has 39 heavy (non-hydrogen) atoms. The number of amides is 1. The first-order valence-electron chi connectivity index (χ1n) is 11.9.